The molecule has 0 aliphatic rings. The number of nitrogen functional groups attached to an aromatic ring is 3. The molecule has 4 aromatic carbocycles. The molecule has 0 saturated carbocycles. The van der Waals surface area contributed by atoms with Gasteiger partial charge in [0, 0.05) is 11.4 Å². The Morgan fingerprint density at radius 3 is 1.47 bits per heavy atom. The van der Waals surface area contributed by atoms with E-state index in [1.165, 1.54) is 23.8 Å². The van der Waals surface area contributed by atoms with E-state index < -0.39 is 0 Å². The lowest BCUT2D eigenvalue weighted by Crippen LogP contribution is -2.11. The predicted molar refractivity (Wildman–Crippen MR) is 221 cm³/mol. The van der Waals surface area contributed by atoms with E-state index in [1.807, 2.05) is 72.8 Å². The lowest BCUT2D eigenvalue weighted by molar-refractivity contribution is 0.590. The molecule has 0 aliphatic carbocycles. The summed E-state index contributed by atoms with van der Waals surface area (Å²) >= 11 is 5.73. The normalized spacial score (nSPS) is 11.4. The molecule has 0 amide bonds. The number of halogens is 1. The Morgan fingerprint density at radius 2 is 0.982 bits per heavy atom. The van der Waals surface area contributed by atoms with E-state index in [9.17, 15) is 0 Å². The van der Waals surface area contributed by atoms with Gasteiger partial charge >= 0.3 is 0 Å². The first-order valence-electron chi connectivity index (χ1n) is 17.4. The Labute approximate surface area is 323 Å². The summed E-state index contributed by atoms with van der Waals surface area (Å²) in [6.45, 7) is 13.1. The molecular formula is C40H43ClN14. The van der Waals surface area contributed by atoms with E-state index in [0.29, 0.717) is 29.7 Å². The van der Waals surface area contributed by atoms with E-state index >= 15 is 0 Å². The number of rotatable bonds is 4. The molecule has 8 aromatic rings. The Balaban J connectivity index is 0.000000156. The number of fused-ring (bicyclic) bond motifs is 2. The quantitative estimate of drug-likeness (QED) is 0.127. The van der Waals surface area contributed by atoms with Crippen LogP contribution in [0.1, 0.15) is 52.7 Å². The maximum atomic E-state index is 6.08. The summed E-state index contributed by atoms with van der Waals surface area (Å²) in [7, 11) is 0. The summed E-state index contributed by atoms with van der Waals surface area (Å²) in [4.78, 5) is 33.3. The van der Waals surface area contributed by atoms with Crippen LogP contribution in [0.5, 0.6) is 0 Å². The highest BCUT2D eigenvalue weighted by Crippen LogP contribution is 2.26. The number of hydrogen-bond acceptors (Lipinski definition) is 12. The van der Waals surface area contributed by atoms with Gasteiger partial charge in [0.2, 0.25) is 35.0 Å². The average molecular weight is 755 g/mol. The van der Waals surface area contributed by atoms with Crippen molar-refractivity contribution in [1.82, 2.24) is 49.0 Å². The van der Waals surface area contributed by atoms with Gasteiger partial charge in [-0.15, -0.1) is 0 Å². The van der Waals surface area contributed by atoms with Crippen LogP contribution in [0.25, 0.3) is 34.0 Å². The zero-order valence-electron chi connectivity index (χ0n) is 31.5. The Bertz CT molecular complexity index is 2530. The fraction of sp³-hybridized carbons (Fsp3) is 0.200. The smallest absolute Gasteiger partial charge is 0.241 e. The minimum Gasteiger partial charge on any atom is -0.399 e. The lowest BCUT2D eigenvalue weighted by Gasteiger charge is -2.19. The highest BCUT2D eigenvalue weighted by Gasteiger charge is 2.16. The summed E-state index contributed by atoms with van der Waals surface area (Å²) in [5, 5.41) is 3.33. The molecule has 0 unspecified atom stereocenters. The van der Waals surface area contributed by atoms with Crippen LogP contribution in [0.15, 0.2) is 110 Å². The average Bonchev–Trinajstić information content (AvgIpc) is 3.67. The summed E-state index contributed by atoms with van der Waals surface area (Å²) in [6.07, 6.45) is 2.79. The molecule has 55 heavy (non-hydrogen) atoms. The molecule has 15 heteroatoms. The number of nitrogens with one attached hydrogen (secondary N) is 1. The van der Waals surface area contributed by atoms with Crippen LogP contribution in [0, 0.1) is 0 Å². The number of para-hydroxylation sites is 4. The fourth-order valence-corrected chi connectivity index (χ4v) is 5.63. The van der Waals surface area contributed by atoms with E-state index in [1.54, 1.807) is 9.13 Å². The van der Waals surface area contributed by atoms with Crippen molar-refractivity contribution in [1.29, 1.82) is 0 Å². The van der Waals surface area contributed by atoms with Gasteiger partial charge in [-0.2, -0.15) is 9.97 Å². The predicted octanol–water partition coefficient (Wildman–Crippen LogP) is 7.85. The third-order valence-electron chi connectivity index (χ3n) is 8.45. The number of aromatic nitrogens is 10. The Morgan fingerprint density at radius 1 is 0.527 bits per heavy atom. The molecule has 0 aliphatic heterocycles. The van der Waals surface area contributed by atoms with Gasteiger partial charge in [-0.3, -0.25) is 0 Å². The van der Waals surface area contributed by atoms with Gasteiger partial charge in [-0.05, 0) is 82.1 Å². The van der Waals surface area contributed by atoms with Crippen LogP contribution in [-0.2, 0) is 10.8 Å². The number of imidazole rings is 2. The van der Waals surface area contributed by atoms with Gasteiger partial charge in [0.05, 0.1) is 22.1 Å². The third kappa shape index (κ3) is 9.11. The van der Waals surface area contributed by atoms with Crippen molar-refractivity contribution < 1.29 is 0 Å². The van der Waals surface area contributed by atoms with Crippen LogP contribution < -0.4 is 22.5 Å². The summed E-state index contributed by atoms with van der Waals surface area (Å²) < 4.78 is 3.34. The molecule has 0 fully saturated rings. The van der Waals surface area contributed by atoms with Crippen molar-refractivity contribution >= 4 is 62.9 Å². The van der Waals surface area contributed by atoms with Crippen molar-refractivity contribution in [2.45, 2.75) is 52.4 Å². The molecular weight excluding hydrogens is 712 g/mol. The summed E-state index contributed by atoms with van der Waals surface area (Å²) in [6, 6.07) is 31.5. The molecule has 0 atom stereocenters. The van der Waals surface area contributed by atoms with Gasteiger partial charge in [0.1, 0.15) is 12.7 Å². The SMILES string of the molecule is CC(C)(C)c1ccc(N)cc1.CC(C)(C)c1ccc(Nc2ncnc(-n3c(N)nc4ccccc43)n2)cc1.Nc1nc2ccccc2n1-c1ncnc(Cl)n1. The van der Waals surface area contributed by atoms with Crippen LogP contribution in [0.3, 0.4) is 0 Å². The number of hydrogen-bond donors (Lipinski definition) is 4. The van der Waals surface area contributed by atoms with Gasteiger partial charge in [0.25, 0.3) is 0 Å². The molecule has 14 nitrogen and oxygen atoms in total. The molecule has 4 heterocycles. The fourth-order valence-electron chi connectivity index (χ4n) is 5.51. The van der Waals surface area contributed by atoms with Crippen LogP contribution >= 0.6 is 11.6 Å². The number of benzene rings is 4. The summed E-state index contributed by atoms with van der Waals surface area (Å²) in [5.74, 6) is 1.87. The van der Waals surface area contributed by atoms with E-state index in [4.69, 9.17) is 28.8 Å². The first-order chi connectivity index (χ1) is 26.2. The van der Waals surface area contributed by atoms with Crippen molar-refractivity contribution in [2.75, 3.05) is 22.5 Å². The van der Waals surface area contributed by atoms with Crippen molar-refractivity contribution in [3.63, 3.8) is 0 Å². The molecule has 0 bridgehead atoms. The number of nitrogens with two attached hydrogens (primary N) is 3. The second-order valence-electron chi connectivity index (χ2n) is 14.6. The van der Waals surface area contributed by atoms with Crippen molar-refractivity contribution in [3.05, 3.63) is 126 Å². The maximum absolute atomic E-state index is 6.08. The van der Waals surface area contributed by atoms with E-state index in [2.05, 4.69) is 111 Å². The third-order valence-corrected chi connectivity index (χ3v) is 8.63. The van der Waals surface area contributed by atoms with Crippen molar-refractivity contribution in [3.8, 4) is 11.9 Å². The molecule has 0 spiro atoms. The zero-order valence-corrected chi connectivity index (χ0v) is 32.2. The van der Waals surface area contributed by atoms with E-state index in [0.717, 1.165) is 33.4 Å². The minimum atomic E-state index is 0.110. The Kier molecular flexibility index (Phi) is 10.9. The minimum absolute atomic E-state index is 0.110. The molecule has 280 valence electrons. The van der Waals surface area contributed by atoms with Crippen LogP contribution in [-0.4, -0.2) is 49.0 Å². The monoisotopic (exact) mass is 754 g/mol. The molecule has 0 saturated heterocycles. The largest absolute Gasteiger partial charge is 0.399 e. The summed E-state index contributed by atoms with van der Waals surface area (Å²) in [5.41, 5.74) is 25.4. The maximum Gasteiger partial charge on any atom is 0.241 e. The Hall–Kier alpha value is -6.67. The highest BCUT2D eigenvalue weighted by molar-refractivity contribution is 6.28. The molecule has 0 radical (unpaired) electrons. The second kappa shape index (κ2) is 15.7. The zero-order chi connectivity index (χ0) is 39.3. The molecule has 8 rings (SSSR count). The molecule has 4 aromatic heterocycles. The van der Waals surface area contributed by atoms with Gasteiger partial charge < -0.3 is 22.5 Å². The lowest BCUT2D eigenvalue weighted by atomic mass is 9.87. The number of nitrogens with zero attached hydrogens (tertiary/aromatic N) is 10. The van der Waals surface area contributed by atoms with Crippen molar-refractivity contribution in [2.24, 2.45) is 0 Å². The molecule has 7 N–H and O–H groups in total. The highest BCUT2D eigenvalue weighted by atomic mass is 35.5. The van der Waals surface area contributed by atoms with Crippen LogP contribution in [0.4, 0.5) is 29.2 Å². The first kappa shape index (κ1) is 38.1. The van der Waals surface area contributed by atoms with Gasteiger partial charge in [-0.25, -0.2) is 39.0 Å². The first-order valence-corrected chi connectivity index (χ1v) is 17.8. The van der Waals surface area contributed by atoms with Gasteiger partial charge in [-0.1, -0.05) is 90.1 Å². The standard InChI is InChI=1S/C20H21N7.C10H7ClN6.C10H15N/c1-20(2,3)13-8-10-14(11-9-13)24-18-22-12-23-19(26-18)27-16-7-5-4-6-15(16)25-17(27)21;11-8-13-5-14-10(16-8)17-7-4-2-1-3-6(7)15-9(17)12;1-10(2,3)8-4-6-9(11)7-5-8/h4-12H,1-3H3,(H2,21,25)(H,22,23,24,26);1-5H,(H2,12,15);4-7H,11H2,1-3H3. The van der Waals surface area contributed by atoms with E-state index in [-0.39, 0.29) is 16.1 Å². The van der Waals surface area contributed by atoms with Crippen LogP contribution in [0.2, 0.25) is 5.28 Å². The topological polar surface area (TPSA) is 203 Å². The van der Waals surface area contributed by atoms with Gasteiger partial charge in [0.15, 0.2) is 0 Å². The second-order valence-corrected chi connectivity index (χ2v) is 14.9. The number of anilines is 5.